The fraction of sp³-hybridized carbons (Fsp3) is 0.414. The van der Waals surface area contributed by atoms with Crippen LogP contribution >= 0.6 is 0 Å². The Hall–Kier alpha value is -3.85. The molecule has 1 atom stereocenters. The molecule has 1 aromatic heterocycles. The highest BCUT2D eigenvalue weighted by molar-refractivity contribution is 5.78. The third-order valence-electron chi connectivity index (χ3n) is 5.74. The van der Waals surface area contributed by atoms with E-state index in [-0.39, 0.29) is 18.9 Å². The first-order chi connectivity index (χ1) is 18.2. The number of ether oxygens (including phenoxy) is 3. The Bertz CT molecular complexity index is 1220. The zero-order valence-electron chi connectivity index (χ0n) is 22.4. The van der Waals surface area contributed by atoms with E-state index in [0.29, 0.717) is 48.2 Å². The van der Waals surface area contributed by atoms with E-state index in [1.165, 1.54) is 0 Å². The van der Waals surface area contributed by atoms with Crippen LogP contribution in [0.25, 0.3) is 11.5 Å². The van der Waals surface area contributed by atoms with Gasteiger partial charge in [0, 0.05) is 18.4 Å². The number of nitrogens with two attached hydrogens (primary N) is 1. The minimum absolute atomic E-state index is 0.0819. The van der Waals surface area contributed by atoms with Gasteiger partial charge in [-0.15, -0.1) is 0 Å². The maximum Gasteiger partial charge on any atom is 0.327 e. The first-order valence-corrected chi connectivity index (χ1v) is 12.8. The summed E-state index contributed by atoms with van der Waals surface area (Å²) in [5.41, 5.74) is 8.97. The summed E-state index contributed by atoms with van der Waals surface area (Å²) in [6.45, 7) is 8.38. The number of aliphatic carboxylic acids is 1. The molecule has 0 saturated carbocycles. The molecule has 0 radical (unpaired) electrons. The zero-order chi connectivity index (χ0) is 27.7. The van der Waals surface area contributed by atoms with Crippen LogP contribution in [-0.2, 0) is 27.2 Å². The van der Waals surface area contributed by atoms with Crippen LogP contribution in [0.15, 0.2) is 46.9 Å². The van der Waals surface area contributed by atoms with Gasteiger partial charge < -0.3 is 29.5 Å². The molecule has 0 amide bonds. The van der Waals surface area contributed by atoms with Gasteiger partial charge in [-0.25, -0.2) is 9.78 Å². The smallest absolute Gasteiger partial charge is 0.327 e. The van der Waals surface area contributed by atoms with Crippen LogP contribution in [0.2, 0.25) is 0 Å². The van der Waals surface area contributed by atoms with Crippen molar-refractivity contribution in [2.24, 2.45) is 5.73 Å². The summed E-state index contributed by atoms with van der Waals surface area (Å²) < 4.78 is 22.7. The minimum Gasteiger partial charge on any atom is -0.494 e. The first-order valence-electron chi connectivity index (χ1n) is 12.8. The number of carbonyl (C=O) groups excluding carboxylic acids is 1. The second kappa shape index (κ2) is 13.6. The number of aromatic nitrogens is 1. The van der Waals surface area contributed by atoms with Crippen molar-refractivity contribution in [2.45, 2.75) is 65.5 Å². The molecule has 0 spiro atoms. The monoisotopic (exact) mass is 524 g/mol. The number of carboxylic acid groups (broad SMARTS) is 1. The molecule has 204 valence electrons. The number of nitrogens with zero attached hydrogens (tertiary/aromatic N) is 1. The van der Waals surface area contributed by atoms with Gasteiger partial charge in [0.1, 0.15) is 23.3 Å². The lowest BCUT2D eigenvalue weighted by Gasteiger charge is -2.18. The topological polar surface area (TPSA) is 134 Å². The average molecular weight is 525 g/mol. The third-order valence-corrected chi connectivity index (χ3v) is 5.74. The van der Waals surface area contributed by atoms with Crippen LogP contribution in [0.4, 0.5) is 0 Å². The summed E-state index contributed by atoms with van der Waals surface area (Å²) in [4.78, 5) is 28.2. The summed E-state index contributed by atoms with van der Waals surface area (Å²) in [5, 5.41) is 9.08. The van der Waals surface area contributed by atoms with Crippen LogP contribution < -0.4 is 15.2 Å². The molecule has 0 bridgehead atoms. The van der Waals surface area contributed by atoms with Crippen molar-refractivity contribution in [3.63, 3.8) is 0 Å². The van der Waals surface area contributed by atoms with Gasteiger partial charge >= 0.3 is 11.9 Å². The highest BCUT2D eigenvalue weighted by Gasteiger charge is 2.23. The Kier molecular flexibility index (Phi) is 10.3. The van der Waals surface area contributed by atoms with E-state index in [2.05, 4.69) is 11.9 Å². The minimum atomic E-state index is -1.05. The van der Waals surface area contributed by atoms with Gasteiger partial charge in [0.25, 0.3) is 0 Å². The van der Waals surface area contributed by atoms with Crippen molar-refractivity contribution in [2.75, 3.05) is 13.2 Å². The number of oxazole rings is 1. The highest BCUT2D eigenvalue weighted by atomic mass is 16.5. The maximum absolute atomic E-state index is 12.4. The van der Waals surface area contributed by atoms with Crippen LogP contribution in [0.3, 0.4) is 0 Å². The molecular formula is C29H36N2O7. The molecule has 3 aromatic rings. The van der Waals surface area contributed by atoms with E-state index in [1.54, 1.807) is 32.0 Å². The standard InChI is InChI=1S/C29H36N2O7/c1-5-15-35-22-10-7-21(8-11-22)28-31-25(19(4)38-28)14-16-36-23-12-6-20(9-13-26(32)33)24(17-23)27(30)29(34)37-18(2)3/h6-8,10-12,17-18,27H,5,9,13-16,30H2,1-4H3,(H,32,33). The molecule has 3 N–H and O–H groups in total. The van der Waals surface area contributed by atoms with Crippen molar-refractivity contribution in [1.29, 1.82) is 0 Å². The molecule has 38 heavy (non-hydrogen) atoms. The molecule has 0 saturated heterocycles. The third kappa shape index (κ3) is 8.08. The number of esters is 1. The SMILES string of the molecule is CCCOc1ccc(-c2nc(CCOc3ccc(CCC(=O)O)c(C(N)C(=O)OC(C)C)c3)c(C)o2)cc1. The lowest BCUT2D eigenvalue weighted by molar-refractivity contribution is -0.149. The maximum atomic E-state index is 12.4. The zero-order valence-corrected chi connectivity index (χ0v) is 22.4. The molecule has 0 aliphatic rings. The summed E-state index contributed by atoms with van der Waals surface area (Å²) in [7, 11) is 0. The lowest BCUT2D eigenvalue weighted by Crippen LogP contribution is -2.27. The Morgan fingerprint density at radius 3 is 2.37 bits per heavy atom. The number of hydrogen-bond acceptors (Lipinski definition) is 8. The van der Waals surface area contributed by atoms with Gasteiger partial charge in [0.05, 0.1) is 25.0 Å². The molecular weight excluding hydrogens is 488 g/mol. The van der Waals surface area contributed by atoms with Crippen LogP contribution in [0.1, 0.15) is 62.2 Å². The van der Waals surface area contributed by atoms with Crippen molar-refractivity contribution >= 4 is 11.9 Å². The van der Waals surface area contributed by atoms with Gasteiger partial charge in [-0.3, -0.25) is 4.79 Å². The van der Waals surface area contributed by atoms with Crippen molar-refractivity contribution in [3.8, 4) is 23.0 Å². The van der Waals surface area contributed by atoms with E-state index in [0.717, 1.165) is 23.4 Å². The summed E-state index contributed by atoms with van der Waals surface area (Å²) in [5.74, 6) is 1.04. The predicted octanol–water partition coefficient (Wildman–Crippen LogP) is 5.03. The van der Waals surface area contributed by atoms with Crippen molar-refractivity contribution in [1.82, 2.24) is 4.98 Å². The number of carboxylic acids is 1. The summed E-state index contributed by atoms with van der Waals surface area (Å²) >= 11 is 0. The van der Waals surface area contributed by atoms with Gasteiger partial charge in [-0.2, -0.15) is 0 Å². The van der Waals surface area contributed by atoms with Crippen LogP contribution in [0.5, 0.6) is 11.5 Å². The van der Waals surface area contributed by atoms with Crippen LogP contribution in [-0.4, -0.2) is 41.3 Å². The molecule has 0 aliphatic carbocycles. The normalized spacial score (nSPS) is 11.8. The van der Waals surface area contributed by atoms with Crippen molar-refractivity contribution in [3.05, 3.63) is 65.0 Å². The Balaban J connectivity index is 1.68. The number of benzene rings is 2. The van der Waals surface area contributed by atoms with Gasteiger partial charge in [0.2, 0.25) is 5.89 Å². The van der Waals surface area contributed by atoms with Gasteiger partial charge in [-0.1, -0.05) is 13.0 Å². The second-order valence-corrected chi connectivity index (χ2v) is 9.21. The second-order valence-electron chi connectivity index (χ2n) is 9.21. The molecule has 3 rings (SSSR count). The molecule has 9 nitrogen and oxygen atoms in total. The van der Waals surface area contributed by atoms with E-state index < -0.39 is 18.0 Å². The largest absolute Gasteiger partial charge is 0.494 e. The fourth-order valence-electron chi connectivity index (χ4n) is 3.82. The number of carbonyl (C=O) groups is 2. The molecule has 9 heteroatoms. The van der Waals surface area contributed by atoms with E-state index in [4.69, 9.17) is 29.5 Å². The highest BCUT2D eigenvalue weighted by Crippen LogP contribution is 2.27. The van der Waals surface area contributed by atoms with E-state index in [9.17, 15) is 9.59 Å². The average Bonchev–Trinajstić information content (AvgIpc) is 3.26. The van der Waals surface area contributed by atoms with E-state index >= 15 is 0 Å². The summed E-state index contributed by atoms with van der Waals surface area (Å²) in [6.07, 6.45) is 1.28. The molecule has 0 fully saturated rings. The fourth-order valence-corrected chi connectivity index (χ4v) is 3.82. The molecule has 0 aliphatic heterocycles. The molecule has 1 heterocycles. The Morgan fingerprint density at radius 2 is 1.71 bits per heavy atom. The lowest BCUT2D eigenvalue weighted by atomic mass is 9.97. The molecule has 1 unspecified atom stereocenters. The summed E-state index contributed by atoms with van der Waals surface area (Å²) in [6, 6.07) is 11.7. The number of hydrogen-bond donors (Lipinski definition) is 2. The molecule has 2 aromatic carbocycles. The van der Waals surface area contributed by atoms with Gasteiger partial charge in [0.15, 0.2) is 0 Å². The van der Waals surface area contributed by atoms with Crippen molar-refractivity contribution < 1.29 is 33.3 Å². The quantitative estimate of drug-likeness (QED) is 0.278. The van der Waals surface area contributed by atoms with E-state index in [1.807, 2.05) is 31.2 Å². The predicted molar refractivity (Wildman–Crippen MR) is 142 cm³/mol. The van der Waals surface area contributed by atoms with Crippen LogP contribution in [0, 0.1) is 6.92 Å². The Labute approximate surface area is 222 Å². The Morgan fingerprint density at radius 1 is 1.03 bits per heavy atom. The number of rotatable bonds is 14. The number of aryl methyl sites for hydroxylation is 2. The van der Waals surface area contributed by atoms with Gasteiger partial charge in [-0.05, 0) is 81.1 Å². The first kappa shape index (κ1) is 28.7.